The third-order valence-corrected chi connectivity index (χ3v) is 7.49. The summed E-state index contributed by atoms with van der Waals surface area (Å²) >= 11 is 0. The van der Waals surface area contributed by atoms with Crippen LogP contribution < -0.4 is 5.32 Å². The number of aryl methyl sites for hydroxylation is 2. The third-order valence-electron chi connectivity index (χ3n) is 5.60. The molecule has 1 aromatic carbocycles. The summed E-state index contributed by atoms with van der Waals surface area (Å²) in [4.78, 5) is 15.0. The number of benzene rings is 1. The summed E-state index contributed by atoms with van der Waals surface area (Å²) in [6, 6.07) is 5.59. The van der Waals surface area contributed by atoms with Crippen molar-refractivity contribution in [1.29, 1.82) is 0 Å². The van der Waals surface area contributed by atoms with Crippen LogP contribution in [0.1, 0.15) is 30.9 Å². The molecular formula is C19H30ClN3O3S. The maximum atomic E-state index is 12.9. The summed E-state index contributed by atoms with van der Waals surface area (Å²) < 4.78 is 27.3. The Morgan fingerprint density at radius 2 is 1.78 bits per heavy atom. The smallest absolute Gasteiger partial charge is 0.243 e. The van der Waals surface area contributed by atoms with E-state index in [0.29, 0.717) is 36.9 Å². The quantitative estimate of drug-likeness (QED) is 0.819. The fourth-order valence-corrected chi connectivity index (χ4v) is 5.31. The van der Waals surface area contributed by atoms with Gasteiger partial charge in [0.1, 0.15) is 0 Å². The van der Waals surface area contributed by atoms with Gasteiger partial charge in [-0.25, -0.2) is 8.42 Å². The number of halogens is 1. The minimum absolute atomic E-state index is 0. The Labute approximate surface area is 168 Å². The van der Waals surface area contributed by atoms with E-state index in [2.05, 4.69) is 12.2 Å². The van der Waals surface area contributed by atoms with Gasteiger partial charge in [0.15, 0.2) is 0 Å². The number of hydrogen-bond donors (Lipinski definition) is 1. The fraction of sp³-hybridized carbons (Fsp3) is 0.632. The molecule has 1 N–H and O–H groups in total. The summed E-state index contributed by atoms with van der Waals surface area (Å²) in [5.74, 6) is 0.119. The van der Waals surface area contributed by atoms with Gasteiger partial charge in [-0.3, -0.25) is 4.79 Å². The van der Waals surface area contributed by atoms with Crippen molar-refractivity contribution >= 4 is 28.3 Å². The summed E-state index contributed by atoms with van der Waals surface area (Å²) in [6.07, 6.45) is 1.20. The maximum Gasteiger partial charge on any atom is 0.243 e. The number of sulfonamides is 1. The number of nitrogens with one attached hydrogen (secondary N) is 1. The number of rotatable bonds is 3. The van der Waals surface area contributed by atoms with Crippen LogP contribution in [-0.2, 0) is 14.8 Å². The standard InChI is InChI=1S/C19H29N3O3S.ClH/c1-14-4-5-18(12-15(14)2)26(24,25)22-9-6-17(7-10-22)19(23)21-11-8-20-16(3)13-21;/h4-5,12,16-17,20H,6-11,13H2,1-3H3;1H. The maximum absolute atomic E-state index is 12.9. The molecule has 0 radical (unpaired) electrons. The number of hydrogen-bond acceptors (Lipinski definition) is 4. The normalized spacial score (nSPS) is 22.3. The molecule has 1 amide bonds. The van der Waals surface area contributed by atoms with Crippen LogP contribution in [0.5, 0.6) is 0 Å². The van der Waals surface area contributed by atoms with Crippen LogP contribution in [0.3, 0.4) is 0 Å². The van der Waals surface area contributed by atoms with Crippen LogP contribution in [-0.4, -0.2) is 62.3 Å². The Hall–Kier alpha value is -1.15. The van der Waals surface area contributed by atoms with Gasteiger partial charge in [-0.1, -0.05) is 6.07 Å². The molecule has 1 unspecified atom stereocenters. The van der Waals surface area contributed by atoms with E-state index in [4.69, 9.17) is 0 Å². The lowest BCUT2D eigenvalue weighted by Crippen LogP contribution is -2.54. The highest BCUT2D eigenvalue weighted by Gasteiger charge is 2.34. The summed E-state index contributed by atoms with van der Waals surface area (Å²) in [5.41, 5.74) is 2.06. The Morgan fingerprint density at radius 3 is 2.37 bits per heavy atom. The second-order valence-corrected chi connectivity index (χ2v) is 9.50. The Bertz CT molecular complexity index is 776. The van der Waals surface area contributed by atoms with Gasteiger partial charge in [-0.05, 0) is 56.9 Å². The minimum Gasteiger partial charge on any atom is -0.340 e. The highest BCUT2D eigenvalue weighted by molar-refractivity contribution is 7.89. The lowest BCUT2D eigenvalue weighted by molar-refractivity contribution is -0.137. The molecule has 1 atom stereocenters. The van der Waals surface area contributed by atoms with E-state index >= 15 is 0 Å². The van der Waals surface area contributed by atoms with Gasteiger partial charge in [0.2, 0.25) is 15.9 Å². The van der Waals surface area contributed by atoms with Crippen molar-refractivity contribution in [2.75, 3.05) is 32.7 Å². The molecule has 0 saturated carbocycles. The molecule has 0 bridgehead atoms. The van der Waals surface area contributed by atoms with Gasteiger partial charge in [-0.2, -0.15) is 4.31 Å². The molecule has 2 heterocycles. The first kappa shape index (κ1) is 22.1. The van der Waals surface area contributed by atoms with Crippen LogP contribution >= 0.6 is 12.4 Å². The lowest BCUT2D eigenvalue weighted by Gasteiger charge is -2.37. The first-order valence-electron chi connectivity index (χ1n) is 9.38. The molecule has 0 spiro atoms. The first-order valence-corrected chi connectivity index (χ1v) is 10.8. The van der Waals surface area contributed by atoms with E-state index in [1.165, 1.54) is 4.31 Å². The van der Waals surface area contributed by atoms with Crippen LogP contribution in [0.4, 0.5) is 0 Å². The molecule has 152 valence electrons. The Kier molecular flexibility index (Phi) is 7.30. The molecule has 2 aliphatic heterocycles. The second-order valence-electron chi connectivity index (χ2n) is 7.56. The van der Waals surface area contributed by atoms with Crippen molar-refractivity contribution in [2.45, 2.75) is 44.6 Å². The highest BCUT2D eigenvalue weighted by atomic mass is 35.5. The number of piperazine rings is 1. The van der Waals surface area contributed by atoms with E-state index in [1.807, 2.05) is 24.8 Å². The van der Waals surface area contributed by atoms with Gasteiger partial charge in [0.25, 0.3) is 0 Å². The number of amides is 1. The Balaban J connectivity index is 0.00000261. The molecule has 3 rings (SSSR count). The zero-order chi connectivity index (χ0) is 18.9. The van der Waals surface area contributed by atoms with Crippen LogP contribution in [0.15, 0.2) is 23.1 Å². The molecule has 6 nitrogen and oxygen atoms in total. The van der Waals surface area contributed by atoms with Gasteiger partial charge in [0.05, 0.1) is 4.90 Å². The molecule has 2 saturated heterocycles. The molecule has 8 heteroatoms. The number of piperidine rings is 1. The summed E-state index contributed by atoms with van der Waals surface area (Å²) in [5, 5.41) is 3.34. The molecule has 2 fully saturated rings. The van der Waals surface area contributed by atoms with Gasteiger partial charge in [-0.15, -0.1) is 12.4 Å². The van der Waals surface area contributed by atoms with Crippen molar-refractivity contribution < 1.29 is 13.2 Å². The van der Waals surface area contributed by atoms with E-state index in [-0.39, 0.29) is 24.2 Å². The zero-order valence-electron chi connectivity index (χ0n) is 16.3. The predicted molar refractivity (Wildman–Crippen MR) is 109 cm³/mol. The van der Waals surface area contributed by atoms with Gasteiger partial charge in [0, 0.05) is 44.7 Å². The largest absolute Gasteiger partial charge is 0.340 e. The van der Waals surface area contributed by atoms with Crippen molar-refractivity contribution in [3.63, 3.8) is 0 Å². The Morgan fingerprint density at radius 1 is 1.11 bits per heavy atom. The average molecular weight is 416 g/mol. The van der Waals surface area contributed by atoms with E-state index in [1.54, 1.807) is 12.1 Å². The highest BCUT2D eigenvalue weighted by Crippen LogP contribution is 2.26. The van der Waals surface area contributed by atoms with E-state index in [9.17, 15) is 13.2 Å². The molecule has 27 heavy (non-hydrogen) atoms. The number of nitrogens with zero attached hydrogens (tertiary/aromatic N) is 2. The van der Waals surface area contributed by atoms with Gasteiger partial charge >= 0.3 is 0 Å². The third kappa shape index (κ3) is 4.83. The first-order chi connectivity index (χ1) is 12.3. The van der Waals surface area contributed by atoms with E-state index < -0.39 is 10.0 Å². The average Bonchev–Trinajstić information content (AvgIpc) is 2.63. The molecule has 0 aliphatic carbocycles. The monoisotopic (exact) mass is 415 g/mol. The fourth-order valence-electron chi connectivity index (χ4n) is 3.76. The van der Waals surface area contributed by atoms with E-state index in [0.717, 1.165) is 30.8 Å². The summed E-state index contributed by atoms with van der Waals surface area (Å²) in [6.45, 7) is 9.10. The van der Waals surface area contributed by atoms with Crippen molar-refractivity contribution in [2.24, 2.45) is 5.92 Å². The summed E-state index contributed by atoms with van der Waals surface area (Å²) in [7, 11) is -3.49. The van der Waals surface area contributed by atoms with Crippen LogP contribution in [0.2, 0.25) is 0 Å². The van der Waals surface area contributed by atoms with Crippen LogP contribution in [0.25, 0.3) is 0 Å². The van der Waals surface area contributed by atoms with Crippen molar-refractivity contribution in [3.8, 4) is 0 Å². The molecule has 0 aromatic heterocycles. The second kappa shape index (κ2) is 8.90. The minimum atomic E-state index is -3.49. The van der Waals surface area contributed by atoms with Crippen LogP contribution in [0, 0.1) is 19.8 Å². The predicted octanol–water partition coefficient (Wildman–Crippen LogP) is 1.95. The van der Waals surface area contributed by atoms with Gasteiger partial charge < -0.3 is 10.2 Å². The van der Waals surface area contributed by atoms with Crippen molar-refractivity contribution in [3.05, 3.63) is 29.3 Å². The molecule has 1 aromatic rings. The number of carbonyl (C=O) groups is 1. The van der Waals surface area contributed by atoms with Crippen molar-refractivity contribution in [1.82, 2.24) is 14.5 Å². The zero-order valence-corrected chi connectivity index (χ0v) is 17.9. The molecular weight excluding hydrogens is 386 g/mol. The molecule has 2 aliphatic rings. The SMILES string of the molecule is Cc1ccc(S(=O)(=O)N2CCC(C(=O)N3CCNC(C)C3)CC2)cc1C.Cl. The number of carbonyl (C=O) groups excluding carboxylic acids is 1. The topological polar surface area (TPSA) is 69.7 Å². The lowest BCUT2D eigenvalue weighted by atomic mass is 9.96.